The zero-order chi connectivity index (χ0) is 11.4. The summed E-state index contributed by atoms with van der Waals surface area (Å²) in [5.41, 5.74) is 5.60. The Labute approximate surface area is 96.4 Å². The second kappa shape index (κ2) is 5.18. The number of hydrogen-bond donors (Lipinski definition) is 1. The number of carbonyl (C=O) groups excluding carboxylic acids is 1. The maximum Gasteiger partial charge on any atom is 0.345 e. The van der Waals surface area contributed by atoms with E-state index in [0.717, 1.165) is 0 Å². The molecule has 1 heterocycles. The maximum absolute atomic E-state index is 11.4. The van der Waals surface area contributed by atoms with Crippen molar-refractivity contribution in [3.8, 4) is 0 Å². The summed E-state index contributed by atoms with van der Waals surface area (Å²) < 4.78 is 4.77. The van der Waals surface area contributed by atoms with Crippen LogP contribution in [0.2, 0.25) is 5.15 Å². The fraction of sp³-hybridized carbons (Fsp3) is 0.375. The molecular formula is C8H10ClN3O2S. The molecule has 0 unspecified atom stereocenters. The zero-order valence-corrected chi connectivity index (χ0v) is 9.85. The molecule has 15 heavy (non-hydrogen) atoms. The van der Waals surface area contributed by atoms with Gasteiger partial charge in [-0.1, -0.05) is 23.4 Å². The molecule has 0 aromatic carbocycles. The van der Waals surface area contributed by atoms with Gasteiger partial charge in [-0.2, -0.15) is 0 Å². The highest BCUT2D eigenvalue weighted by Gasteiger charge is 2.19. The Balaban J connectivity index is 3.13. The number of thioether (sulfide) groups is 1. The van der Waals surface area contributed by atoms with Crippen molar-refractivity contribution in [2.24, 2.45) is 0 Å². The van der Waals surface area contributed by atoms with Gasteiger partial charge in [0.25, 0.3) is 0 Å². The largest absolute Gasteiger partial charge is 0.462 e. The number of nitrogens with zero attached hydrogens (tertiary/aromatic N) is 2. The Morgan fingerprint density at radius 3 is 2.73 bits per heavy atom. The molecule has 0 atom stereocenters. The number of anilines is 1. The van der Waals surface area contributed by atoms with Crippen LogP contribution >= 0.6 is 23.4 Å². The lowest BCUT2D eigenvalue weighted by Gasteiger charge is -2.06. The van der Waals surface area contributed by atoms with Crippen LogP contribution in [0.15, 0.2) is 5.16 Å². The second-order valence-electron chi connectivity index (χ2n) is 2.48. The summed E-state index contributed by atoms with van der Waals surface area (Å²) in [5, 5.41) is 0.441. The average molecular weight is 248 g/mol. The number of hydrogen-bond acceptors (Lipinski definition) is 6. The maximum atomic E-state index is 11.4. The summed E-state index contributed by atoms with van der Waals surface area (Å²) in [6.07, 6.45) is 1.79. The minimum Gasteiger partial charge on any atom is -0.462 e. The minimum absolute atomic E-state index is 0.0188. The first kappa shape index (κ1) is 12.1. The quantitative estimate of drug-likeness (QED) is 0.378. The van der Waals surface area contributed by atoms with Crippen LogP contribution in [0.5, 0.6) is 0 Å². The van der Waals surface area contributed by atoms with Crippen molar-refractivity contribution in [2.45, 2.75) is 12.1 Å². The first-order valence-corrected chi connectivity index (χ1v) is 5.74. The molecule has 0 saturated carbocycles. The molecule has 1 aromatic heterocycles. The van der Waals surface area contributed by atoms with Crippen LogP contribution in [-0.2, 0) is 4.74 Å². The summed E-state index contributed by atoms with van der Waals surface area (Å²) >= 11 is 7.09. The fourth-order valence-electron chi connectivity index (χ4n) is 0.913. The molecular weight excluding hydrogens is 238 g/mol. The van der Waals surface area contributed by atoms with E-state index in [2.05, 4.69) is 9.97 Å². The molecule has 82 valence electrons. The van der Waals surface area contributed by atoms with Crippen LogP contribution in [-0.4, -0.2) is 28.8 Å². The molecule has 0 spiro atoms. The van der Waals surface area contributed by atoms with E-state index in [1.807, 2.05) is 0 Å². The fourth-order valence-corrected chi connectivity index (χ4v) is 1.59. The van der Waals surface area contributed by atoms with Gasteiger partial charge in [-0.15, -0.1) is 0 Å². The van der Waals surface area contributed by atoms with Crippen molar-refractivity contribution >= 4 is 35.1 Å². The van der Waals surface area contributed by atoms with E-state index in [0.29, 0.717) is 5.16 Å². The number of esters is 1. The van der Waals surface area contributed by atoms with E-state index in [1.165, 1.54) is 11.8 Å². The number of halogens is 1. The Morgan fingerprint density at radius 2 is 2.27 bits per heavy atom. The number of ether oxygens (including phenoxy) is 1. The highest BCUT2D eigenvalue weighted by Crippen LogP contribution is 2.22. The molecule has 0 aliphatic rings. The molecule has 1 rings (SSSR count). The van der Waals surface area contributed by atoms with E-state index < -0.39 is 5.97 Å². The first-order valence-electron chi connectivity index (χ1n) is 4.14. The van der Waals surface area contributed by atoms with Crippen molar-refractivity contribution in [1.29, 1.82) is 0 Å². The molecule has 0 aliphatic heterocycles. The number of nitrogens with two attached hydrogens (primary N) is 1. The van der Waals surface area contributed by atoms with Gasteiger partial charge in [0.1, 0.15) is 16.5 Å². The Morgan fingerprint density at radius 1 is 1.60 bits per heavy atom. The van der Waals surface area contributed by atoms with E-state index in [-0.39, 0.29) is 23.1 Å². The van der Waals surface area contributed by atoms with Gasteiger partial charge >= 0.3 is 5.97 Å². The minimum atomic E-state index is -0.604. The van der Waals surface area contributed by atoms with Crippen molar-refractivity contribution < 1.29 is 9.53 Å². The van der Waals surface area contributed by atoms with Crippen molar-refractivity contribution in [3.63, 3.8) is 0 Å². The SMILES string of the molecule is CCOC(=O)c1c(N)nc(SC)nc1Cl. The molecule has 7 heteroatoms. The summed E-state index contributed by atoms with van der Waals surface area (Å²) in [7, 11) is 0. The predicted octanol–water partition coefficient (Wildman–Crippen LogP) is 1.61. The van der Waals surface area contributed by atoms with Crippen LogP contribution in [0.3, 0.4) is 0 Å². The highest BCUT2D eigenvalue weighted by atomic mass is 35.5. The summed E-state index contributed by atoms with van der Waals surface area (Å²) in [6.45, 7) is 1.94. The van der Waals surface area contributed by atoms with E-state index >= 15 is 0 Å². The van der Waals surface area contributed by atoms with Crippen LogP contribution < -0.4 is 5.73 Å². The Hall–Kier alpha value is -1.01. The van der Waals surface area contributed by atoms with E-state index in [1.54, 1.807) is 13.2 Å². The number of nitrogen functional groups attached to an aromatic ring is 1. The molecule has 1 aromatic rings. The first-order chi connectivity index (χ1) is 7.10. The van der Waals surface area contributed by atoms with Gasteiger partial charge in [-0.3, -0.25) is 0 Å². The number of carbonyl (C=O) groups is 1. The van der Waals surface area contributed by atoms with Crippen LogP contribution in [0.25, 0.3) is 0 Å². The van der Waals surface area contributed by atoms with Crippen molar-refractivity contribution in [1.82, 2.24) is 9.97 Å². The smallest absolute Gasteiger partial charge is 0.345 e. The predicted molar refractivity (Wildman–Crippen MR) is 59.2 cm³/mol. The second-order valence-corrected chi connectivity index (χ2v) is 3.61. The molecule has 2 N–H and O–H groups in total. The average Bonchev–Trinajstić information content (AvgIpc) is 2.16. The topological polar surface area (TPSA) is 78.1 Å². The molecule has 0 radical (unpaired) electrons. The van der Waals surface area contributed by atoms with E-state index in [4.69, 9.17) is 22.1 Å². The van der Waals surface area contributed by atoms with Gasteiger partial charge in [0.05, 0.1) is 6.61 Å². The molecule has 5 nitrogen and oxygen atoms in total. The van der Waals surface area contributed by atoms with Gasteiger partial charge in [0, 0.05) is 0 Å². The molecule has 0 aliphatic carbocycles. The Kier molecular flexibility index (Phi) is 4.16. The number of rotatable bonds is 3. The molecule has 0 amide bonds. The summed E-state index contributed by atoms with van der Waals surface area (Å²) in [4.78, 5) is 19.2. The highest BCUT2D eigenvalue weighted by molar-refractivity contribution is 7.98. The van der Waals surface area contributed by atoms with E-state index in [9.17, 15) is 4.79 Å². The van der Waals surface area contributed by atoms with Gasteiger partial charge in [-0.25, -0.2) is 14.8 Å². The lowest BCUT2D eigenvalue weighted by molar-refractivity contribution is 0.0527. The summed E-state index contributed by atoms with van der Waals surface area (Å²) in [5.74, 6) is -0.564. The van der Waals surface area contributed by atoms with Gasteiger partial charge in [0.15, 0.2) is 5.16 Å². The van der Waals surface area contributed by atoms with Crippen molar-refractivity contribution in [3.05, 3.63) is 10.7 Å². The molecule has 0 saturated heterocycles. The van der Waals surface area contributed by atoms with Gasteiger partial charge in [-0.05, 0) is 13.2 Å². The van der Waals surface area contributed by atoms with Crippen LogP contribution in [0.4, 0.5) is 5.82 Å². The third kappa shape index (κ3) is 2.73. The summed E-state index contributed by atoms with van der Waals surface area (Å²) in [6, 6.07) is 0. The zero-order valence-electron chi connectivity index (χ0n) is 8.28. The number of aromatic nitrogens is 2. The third-order valence-corrected chi connectivity index (χ3v) is 2.36. The normalized spacial score (nSPS) is 10.1. The Bertz CT molecular complexity index is 363. The molecule has 0 bridgehead atoms. The lowest BCUT2D eigenvalue weighted by Crippen LogP contribution is -2.11. The monoisotopic (exact) mass is 247 g/mol. The van der Waals surface area contributed by atoms with Crippen LogP contribution in [0.1, 0.15) is 17.3 Å². The third-order valence-electron chi connectivity index (χ3n) is 1.53. The van der Waals surface area contributed by atoms with Crippen LogP contribution in [0, 0.1) is 0 Å². The van der Waals surface area contributed by atoms with Crippen molar-refractivity contribution in [2.75, 3.05) is 18.6 Å². The van der Waals surface area contributed by atoms with Gasteiger partial charge < -0.3 is 10.5 Å². The lowest BCUT2D eigenvalue weighted by atomic mass is 10.3. The molecule has 0 fully saturated rings. The van der Waals surface area contributed by atoms with Gasteiger partial charge in [0.2, 0.25) is 0 Å². The standard InChI is InChI=1S/C8H10ClN3O2S/c1-3-14-7(13)4-5(9)11-8(15-2)12-6(4)10/h3H2,1-2H3,(H2,10,11,12).